The summed E-state index contributed by atoms with van der Waals surface area (Å²) >= 11 is 0. The Kier molecular flexibility index (Phi) is 7.04. The lowest BCUT2D eigenvalue weighted by Gasteiger charge is -2.31. The number of methoxy groups -OCH3 is 1. The Labute approximate surface area is 188 Å². The van der Waals surface area contributed by atoms with Crippen molar-refractivity contribution in [2.45, 2.75) is 38.6 Å². The van der Waals surface area contributed by atoms with Gasteiger partial charge in [-0.3, -0.25) is 4.79 Å². The van der Waals surface area contributed by atoms with Crippen LogP contribution in [0, 0.1) is 5.92 Å². The summed E-state index contributed by atoms with van der Waals surface area (Å²) in [6, 6.07) is 18.5. The van der Waals surface area contributed by atoms with Crippen molar-refractivity contribution in [3.63, 3.8) is 0 Å². The molecule has 4 rings (SSSR count). The molecular weight excluding hydrogens is 404 g/mol. The van der Waals surface area contributed by atoms with Crippen molar-refractivity contribution in [3.8, 4) is 17.1 Å². The number of aromatic nitrogens is 2. The molecule has 32 heavy (non-hydrogen) atoms. The van der Waals surface area contributed by atoms with Crippen LogP contribution in [0.5, 0.6) is 5.75 Å². The Balaban J connectivity index is 1.31. The van der Waals surface area contributed by atoms with E-state index in [0.29, 0.717) is 18.4 Å². The fraction of sp³-hybridized carbons (Fsp3) is 0.400. The zero-order chi connectivity index (χ0) is 22.3. The Hall–Kier alpha value is -3.35. The predicted octanol–water partition coefficient (Wildman–Crippen LogP) is 4.10. The van der Waals surface area contributed by atoms with Gasteiger partial charge < -0.3 is 19.5 Å². The summed E-state index contributed by atoms with van der Waals surface area (Å²) in [6.45, 7) is 3.46. The Morgan fingerprint density at radius 1 is 1.22 bits per heavy atom. The van der Waals surface area contributed by atoms with Gasteiger partial charge in [0.15, 0.2) is 0 Å². The highest BCUT2D eigenvalue weighted by Crippen LogP contribution is 2.26. The van der Waals surface area contributed by atoms with Crippen molar-refractivity contribution >= 4 is 11.9 Å². The molecule has 0 saturated carbocycles. The van der Waals surface area contributed by atoms with E-state index in [0.717, 1.165) is 43.5 Å². The first-order chi connectivity index (χ1) is 15.6. The summed E-state index contributed by atoms with van der Waals surface area (Å²) < 4.78 is 10.7. The molecule has 0 unspecified atom stereocenters. The lowest BCUT2D eigenvalue weighted by Crippen LogP contribution is -2.45. The van der Waals surface area contributed by atoms with E-state index >= 15 is 0 Å². The average Bonchev–Trinajstić information content (AvgIpc) is 3.34. The highest BCUT2D eigenvalue weighted by Gasteiger charge is 2.29. The van der Waals surface area contributed by atoms with Crippen LogP contribution in [0.4, 0.5) is 6.01 Å². The molecule has 3 aromatic rings. The van der Waals surface area contributed by atoms with Crippen LogP contribution in [0.25, 0.3) is 11.4 Å². The van der Waals surface area contributed by atoms with Crippen LogP contribution in [0.2, 0.25) is 0 Å². The van der Waals surface area contributed by atoms with E-state index in [-0.39, 0.29) is 17.9 Å². The second-order valence-corrected chi connectivity index (χ2v) is 8.35. The Bertz CT molecular complexity index is 1000. The quantitative estimate of drug-likeness (QED) is 0.575. The maximum absolute atomic E-state index is 12.9. The molecule has 1 aliphatic heterocycles. The normalized spacial score (nSPS) is 17.1. The number of amides is 1. The van der Waals surface area contributed by atoms with E-state index in [4.69, 9.17) is 9.26 Å². The molecule has 2 aromatic carbocycles. The second-order valence-electron chi connectivity index (χ2n) is 8.35. The summed E-state index contributed by atoms with van der Waals surface area (Å²) in [5.74, 6) is 1.33. The van der Waals surface area contributed by atoms with Gasteiger partial charge in [-0.1, -0.05) is 35.5 Å². The number of aryl methyl sites for hydroxylation is 1. The third kappa shape index (κ3) is 5.46. The van der Waals surface area contributed by atoms with Crippen molar-refractivity contribution in [1.82, 2.24) is 15.5 Å². The van der Waals surface area contributed by atoms with Gasteiger partial charge in [0.1, 0.15) is 5.75 Å². The van der Waals surface area contributed by atoms with Gasteiger partial charge in [-0.15, -0.1) is 0 Å². The van der Waals surface area contributed by atoms with E-state index in [1.54, 1.807) is 7.11 Å². The van der Waals surface area contributed by atoms with E-state index in [9.17, 15) is 4.79 Å². The van der Waals surface area contributed by atoms with Crippen molar-refractivity contribution in [2.75, 3.05) is 25.1 Å². The van der Waals surface area contributed by atoms with Gasteiger partial charge in [-0.25, -0.2) is 0 Å². The monoisotopic (exact) mass is 434 g/mol. The summed E-state index contributed by atoms with van der Waals surface area (Å²) in [7, 11) is 1.63. The van der Waals surface area contributed by atoms with Gasteiger partial charge in [-0.2, -0.15) is 4.98 Å². The van der Waals surface area contributed by atoms with E-state index in [1.807, 2.05) is 47.4 Å². The molecule has 1 aromatic heterocycles. The average molecular weight is 435 g/mol. The second kappa shape index (κ2) is 10.3. The van der Waals surface area contributed by atoms with Gasteiger partial charge in [0.2, 0.25) is 11.7 Å². The molecule has 0 aliphatic carbocycles. The first-order valence-corrected chi connectivity index (χ1v) is 11.2. The predicted molar refractivity (Wildman–Crippen MR) is 124 cm³/mol. The fourth-order valence-corrected chi connectivity index (χ4v) is 4.03. The van der Waals surface area contributed by atoms with Crippen LogP contribution >= 0.6 is 0 Å². The summed E-state index contributed by atoms with van der Waals surface area (Å²) in [6.07, 6.45) is 3.65. The third-order valence-electron chi connectivity index (χ3n) is 5.92. The minimum Gasteiger partial charge on any atom is -0.497 e. The Morgan fingerprint density at radius 2 is 2.00 bits per heavy atom. The number of ether oxygens (including phenoxy) is 1. The van der Waals surface area contributed by atoms with Gasteiger partial charge in [-0.05, 0) is 62.4 Å². The number of rotatable bonds is 8. The zero-order valence-electron chi connectivity index (χ0n) is 18.7. The van der Waals surface area contributed by atoms with E-state index in [2.05, 4.69) is 34.5 Å². The number of anilines is 1. The van der Waals surface area contributed by atoms with E-state index in [1.165, 1.54) is 5.56 Å². The lowest BCUT2D eigenvalue weighted by atomic mass is 9.96. The SMILES string of the molecule is COc1ccc(-c2noc(N3CCC[C@@H](C(=O)N[C@H](C)CCc4ccccc4)C3)n2)cc1. The Morgan fingerprint density at radius 3 is 2.75 bits per heavy atom. The molecule has 1 fully saturated rings. The first kappa shape index (κ1) is 21.9. The van der Waals surface area contributed by atoms with Crippen molar-refractivity contribution < 1.29 is 14.1 Å². The van der Waals surface area contributed by atoms with Crippen LogP contribution in [-0.2, 0) is 11.2 Å². The standard InChI is InChI=1S/C25H30N4O3/c1-18(10-11-19-7-4-3-5-8-19)26-24(30)21-9-6-16-29(17-21)25-27-23(28-32-25)20-12-14-22(31-2)15-13-20/h3-5,7-8,12-15,18,21H,6,9-11,16-17H2,1-2H3,(H,26,30)/t18-,21-/m1/s1. The number of benzene rings is 2. The number of piperidine rings is 1. The molecule has 1 aliphatic rings. The molecule has 1 amide bonds. The minimum absolute atomic E-state index is 0.0840. The minimum atomic E-state index is -0.0840. The van der Waals surface area contributed by atoms with Gasteiger partial charge in [0.25, 0.3) is 0 Å². The molecule has 1 N–H and O–H groups in total. The molecular formula is C25H30N4O3. The molecule has 1 saturated heterocycles. The first-order valence-electron chi connectivity index (χ1n) is 11.2. The van der Waals surface area contributed by atoms with Crippen LogP contribution in [0.3, 0.4) is 0 Å². The molecule has 0 radical (unpaired) electrons. The third-order valence-corrected chi connectivity index (χ3v) is 5.92. The number of carbonyl (C=O) groups excluding carboxylic acids is 1. The van der Waals surface area contributed by atoms with E-state index < -0.39 is 0 Å². The number of hydrogen-bond acceptors (Lipinski definition) is 6. The molecule has 0 bridgehead atoms. The number of nitrogens with zero attached hydrogens (tertiary/aromatic N) is 3. The molecule has 0 spiro atoms. The largest absolute Gasteiger partial charge is 0.497 e. The van der Waals surface area contributed by atoms with Gasteiger partial charge in [0, 0.05) is 24.7 Å². The molecule has 2 atom stereocenters. The molecule has 168 valence electrons. The van der Waals surface area contributed by atoms with Crippen molar-refractivity contribution in [3.05, 3.63) is 60.2 Å². The summed E-state index contributed by atoms with van der Waals surface area (Å²) in [5, 5.41) is 7.31. The number of carbonyl (C=O) groups is 1. The van der Waals surface area contributed by atoms with Gasteiger partial charge in [0.05, 0.1) is 13.0 Å². The smallest absolute Gasteiger partial charge is 0.324 e. The summed E-state index contributed by atoms with van der Waals surface area (Å²) in [5.41, 5.74) is 2.15. The fourth-order valence-electron chi connectivity index (χ4n) is 4.03. The topological polar surface area (TPSA) is 80.5 Å². The van der Waals surface area contributed by atoms with Crippen LogP contribution in [0.1, 0.15) is 31.7 Å². The van der Waals surface area contributed by atoms with Crippen LogP contribution < -0.4 is 15.0 Å². The molecule has 7 nitrogen and oxygen atoms in total. The van der Waals surface area contributed by atoms with Crippen LogP contribution in [0.15, 0.2) is 59.1 Å². The highest BCUT2D eigenvalue weighted by atomic mass is 16.5. The summed E-state index contributed by atoms with van der Waals surface area (Å²) in [4.78, 5) is 19.4. The molecule has 2 heterocycles. The highest BCUT2D eigenvalue weighted by molar-refractivity contribution is 5.79. The van der Waals surface area contributed by atoms with Gasteiger partial charge >= 0.3 is 6.01 Å². The maximum Gasteiger partial charge on any atom is 0.324 e. The maximum atomic E-state index is 12.9. The van der Waals surface area contributed by atoms with Crippen molar-refractivity contribution in [2.24, 2.45) is 5.92 Å². The van der Waals surface area contributed by atoms with Crippen LogP contribution in [-0.4, -0.2) is 42.3 Å². The zero-order valence-corrected chi connectivity index (χ0v) is 18.7. The lowest BCUT2D eigenvalue weighted by molar-refractivity contribution is -0.125. The van der Waals surface area contributed by atoms with Crippen molar-refractivity contribution in [1.29, 1.82) is 0 Å². The molecule has 7 heteroatoms. The number of hydrogen-bond donors (Lipinski definition) is 1. The number of nitrogens with one attached hydrogen (secondary N) is 1.